The number of furan rings is 1. The molecule has 2 aromatic heterocycles. The van der Waals surface area contributed by atoms with Crippen LogP contribution >= 0.6 is 0 Å². The predicted molar refractivity (Wildman–Crippen MR) is 105 cm³/mol. The summed E-state index contributed by atoms with van der Waals surface area (Å²) in [6.45, 7) is 8.17. The van der Waals surface area contributed by atoms with Crippen LogP contribution in [0, 0.1) is 13.8 Å². The minimum atomic E-state index is 0.500. The molecule has 0 saturated carbocycles. The minimum Gasteiger partial charge on any atom is -0.476 e. The Hall–Kier alpha value is -2.58. The molecule has 0 atom stereocenters. The zero-order chi connectivity index (χ0) is 19.2. The topological polar surface area (TPSA) is 98.1 Å². The Morgan fingerprint density at radius 2 is 2.07 bits per heavy atom. The molecule has 8 heteroatoms. The van der Waals surface area contributed by atoms with Crippen LogP contribution in [0.2, 0.25) is 0 Å². The van der Waals surface area contributed by atoms with Gasteiger partial charge in [-0.25, -0.2) is 4.98 Å². The summed E-state index contributed by atoms with van der Waals surface area (Å²) in [6.07, 6.45) is 0. The lowest BCUT2D eigenvalue weighted by Gasteiger charge is -2.29. The summed E-state index contributed by atoms with van der Waals surface area (Å²) in [6, 6.07) is 5.83. The van der Waals surface area contributed by atoms with E-state index in [1.54, 1.807) is 0 Å². The zero-order valence-corrected chi connectivity index (χ0v) is 16.1. The highest BCUT2D eigenvalue weighted by Gasteiger charge is 2.19. The smallest absolute Gasteiger partial charge is 0.215 e. The van der Waals surface area contributed by atoms with Crippen LogP contribution in [0.3, 0.4) is 0 Å². The van der Waals surface area contributed by atoms with E-state index in [1.807, 2.05) is 39.1 Å². The van der Waals surface area contributed by atoms with Crippen LogP contribution < -0.4 is 20.8 Å². The number of pyridine rings is 1. The fraction of sp³-hybridized carbons (Fsp3) is 0.474. The van der Waals surface area contributed by atoms with E-state index in [9.17, 15) is 0 Å². The molecule has 1 fully saturated rings. The van der Waals surface area contributed by atoms with Gasteiger partial charge < -0.3 is 30.0 Å². The van der Waals surface area contributed by atoms with Gasteiger partial charge in [-0.15, -0.1) is 0 Å². The average molecular weight is 373 g/mol. The van der Waals surface area contributed by atoms with Crippen molar-refractivity contribution < 1.29 is 13.9 Å². The molecule has 0 unspecified atom stereocenters. The van der Waals surface area contributed by atoms with E-state index < -0.39 is 0 Å². The monoisotopic (exact) mass is 373 g/mol. The number of nitrogens with zero attached hydrogens (tertiary/aromatic N) is 3. The van der Waals surface area contributed by atoms with Gasteiger partial charge >= 0.3 is 0 Å². The number of ether oxygens (including phenoxy) is 2. The van der Waals surface area contributed by atoms with Crippen LogP contribution in [0.5, 0.6) is 5.88 Å². The molecule has 0 amide bonds. The molecule has 1 aliphatic heterocycles. The molecule has 8 nitrogen and oxygen atoms in total. The summed E-state index contributed by atoms with van der Waals surface area (Å²) >= 11 is 0. The van der Waals surface area contributed by atoms with E-state index in [0.29, 0.717) is 42.9 Å². The van der Waals surface area contributed by atoms with E-state index in [0.717, 1.165) is 36.6 Å². The number of nitrogens with two attached hydrogens (primary N) is 1. The Kier molecular flexibility index (Phi) is 6.31. The molecule has 3 rings (SSSR count). The molecule has 0 aliphatic carbocycles. The van der Waals surface area contributed by atoms with Crippen molar-refractivity contribution in [3.63, 3.8) is 0 Å². The second-order valence-corrected chi connectivity index (χ2v) is 6.43. The maximum Gasteiger partial charge on any atom is 0.215 e. The summed E-state index contributed by atoms with van der Waals surface area (Å²) < 4.78 is 17.1. The standard InChI is InChI=1S/C19H27N5O3/c1-13-10-17(27-14(13)2)19(23-20)16-11-15(24-5-8-25-9-6-24)12-18(22-16)26-7-4-21-3/h10-12,21H,4-9,20H2,1-3H3. The van der Waals surface area contributed by atoms with Crippen molar-refractivity contribution in [2.45, 2.75) is 13.8 Å². The van der Waals surface area contributed by atoms with Crippen LogP contribution in [-0.2, 0) is 4.74 Å². The van der Waals surface area contributed by atoms with Gasteiger partial charge in [0.2, 0.25) is 5.88 Å². The lowest BCUT2D eigenvalue weighted by molar-refractivity contribution is 0.122. The maximum atomic E-state index is 5.82. The third-order valence-corrected chi connectivity index (χ3v) is 4.54. The summed E-state index contributed by atoms with van der Waals surface area (Å²) in [7, 11) is 1.88. The Balaban J connectivity index is 1.97. The maximum absolute atomic E-state index is 5.82. The normalized spacial score (nSPS) is 15.2. The molecule has 1 saturated heterocycles. The van der Waals surface area contributed by atoms with Crippen LogP contribution in [0.1, 0.15) is 22.8 Å². The fourth-order valence-corrected chi connectivity index (χ4v) is 2.89. The van der Waals surface area contributed by atoms with Crippen molar-refractivity contribution in [3.8, 4) is 5.88 Å². The third kappa shape index (κ3) is 4.58. The van der Waals surface area contributed by atoms with Crippen molar-refractivity contribution in [3.05, 3.63) is 41.0 Å². The van der Waals surface area contributed by atoms with Gasteiger partial charge in [0.15, 0.2) is 11.5 Å². The van der Waals surface area contributed by atoms with Crippen LogP contribution in [0.25, 0.3) is 0 Å². The molecule has 2 aromatic rings. The Labute approximate surface area is 159 Å². The SMILES string of the molecule is CNCCOc1cc(N2CCOCC2)cc(C(=NN)c2cc(C)c(C)o2)n1. The van der Waals surface area contributed by atoms with Crippen molar-refractivity contribution in [1.29, 1.82) is 0 Å². The van der Waals surface area contributed by atoms with Gasteiger partial charge in [0.05, 0.1) is 13.2 Å². The first-order valence-electron chi connectivity index (χ1n) is 9.10. The highest BCUT2D eigenvalue weighted by molar-refractivity contribution is 6.10. The number of aryl methyl sites for hydroxylation is 2. The molecule has 0 spiro atoms. The Morgan fingerprint density at radius 3 is 2.70 bits per heavy atom. The zero-order valence-electron chi connectivity index (χ0n) is 16.1. The number of nitrogens with one attached hydrogen (secondary N) is 1. The van der Waals surface area contributed by atoms with E-state index in [-0.39, 0.29) is 0 Å². The summed E-state index contributed by atoms with van der Waals surface area (Å²) in [5.41, 5.74) is 3.17. The molecule has 0 aromatic carbocycles. The van der Waals surface area contributed by atoms with Crippen molar-refractivity contribution >= 4 is 11.4 Å². The first-order valence-corrected chi connectivity index (χ1v) is 9.10. The number of morpholine rings is 1. The van der Waals surface area contributed by atoms with Gasteiger partial charge in [-0.3, -0.25) is 0 Å². The van der Waals surface area contributed by atoms with E-state index in [2.05, 4.69) is 20.3 Å². The largest absolute Gasteiger partial charge is 0.476 e. The third-order valence-electron chi connectivity index (χ3n) is 4.54. The molecule has 0 bridgehead atoms. The Morgan fingerprint density at radius 1 is 1.30 bits per heavy atom. The highest BCUT2D eigenvalue weighted by atomic mass is 16.5. The molecule has 146 valence electrons. The van der Waals surface area contributed by atoms with Gasteiger partial charge in [0.25, 0.3) is 0 Å². The molecule has 1 aliphatic rings. The number of hydrogen-bond acceptors (Lipinski definition) is 8. The molecular formula is C19H27N5O3. The highest BCUT2D eigenvalue weighted by Crippen LogP contribution is 2.25. The number of aromatic nitrogens is 1. The molecule has 0 radical (unpaired) electrons. The lowest BCUT2D eigenvalue weighted by atomic mass is 10.1. The number of anilines is 1. The molecule has 3 heterocycles. The second kappa shape index (κ2) is 8.88. The minimum absolute atomic E-state index is 0.500. The number of hydrazone groups is 1. The predicted octanol–water partition coefficient (Wildman–Crippen LogP) is 1.44. The van der Waals surface area contributed by atoms with Gasteiger partial charge in [-0.05, 0) is 38.6 Å². The van der Waals surface area contributed by atoms with Crippen LogP contribution in [0.4, 0.5) is 5.69 Å². The van der Waals surface area contributed by atoms with Crippen LogP contribution in [-0.4, -0.2) is 57.2 Å². The van der Waals surface area contributed by atoms with E-state index >= 15 is 0 Å². The second-order valence-electron chi connectivity index (χ2n) is 6.43. The number of rotatable bonds is 7. The van der Waals surface area contributed by atoms with E-state index in [4.69, 9.17) is 19.7 Å². The van der Waals surface area contributed by atoms with Gasteiger partial charge in [-0.1, -0.05) is 0 Å². The number of hydrogen-bond donors (Lipinski definition) is 2. The number of likely N-dealkylation sites (N-methyl/N-ethyl adjacent to an activating group) is 1. The first-order chi connectivity index (χ1) is 13.1. The fourth-order valence-electron chi connectivity index (χ4n) is 2.89. The Bertz CT molecular complexity index is 777. The quantitative estimate of drug-likeness (QED) is 0.328. The summed E-state index contributed by atoms with van der Waals surface area (Å²) in [5.74, 6) is 7.66. The van der Waals surface area contributed by atoms with Crippen molar-refractivity contribution in [2.24, 2.45) is 10.9 Å². The van der Waals surface area contributed by atoms with Crippen molar-refractivity contribution in [2.75, 3.05) is 51.4 Å². The summed E-state index contributed by atoms with van der Waals surface area (Å²) in [4.78, 5) is 6.85. The molecule has 3 N–H and O–H groups in total. The van der Waals surface area contributed by atoms with Crippen molar-refractivity contribution in [1.82, 2.24) is 10.3 Å². The molecule has 27 heavy (non-hydrogen) atoms. The lowest BCUT2D eigenvalue weighted by Crippen LogP contribution is -2.36. The molecular weight excluding hydrogens is 346 g/mol. The first kappa shape index (κ1) is 19.2. The van der Waals surface area contributed by atoms with Gasteiger partial charge in [-0.2, -0.15) is 5.10 Å². The van der Waals surface area contributed by atoms with E-state index in [1.165, 1.54) is 0 Å². The average Bonchev–Trinajstić information content (AvgIpc) is 3.01. The summed E-state index contributed by atoms with van der Waals surface area (Å²) in [5, 5.41) is 7.02. The van der Waals surface area contributed by atoms with Gasteiger partial charge in [0, 0.05) is 31.4 Å². The van der Waals surface area contributed by atoms with Crippen LogP contribution in [0.15, 0.2) is 27.7 Å². The van der Waals surface area contributed by atoms with Gasteiger partial charge in [0.1, 0.15) is 18.1 Å².